The average molecular weight is 239 g/mol. The monoisotopic (exact) mass is 239 g/mol. The first-order valence-corrected chi connectivity index (χ1v) is 6.46. The van der Waals surface area contributed by atoms with Crippen molar-refractivity contribution in [1.82, 2.24) is 0 Å². The molecule has 16 heavy (non-hydrogen) atoms. The molecule has 1 aromatic carbocycles. The van der Waals surface area contributed by atoms with Gasteiger partial charge in [0.15, 0.2) is 0 Å². The Bertz CT molecular complexity index is 397. The average Bonchev–Trinajstić information content (AvgIpc) is 2.28. The molecule has 0 aromatic heterocycles. The molecule has 0 spiro atoms. The topological polar surface area (TPSA) is 20.3 Å². The maximum atomic E-state index is 13.3. The second-order valence-electron chi connectivity index (χ2n) is 3.98. The molecule has 0 N–H and O–H groups in total. The largest absolute Gasteiger partial charge is 0.367 e. The van der Waals surface area contributed by atoms with Crippen LogP contribution in [0.25, 0.3) is 0 Å². The van der Waals surface area contributed by atoms with Crippen molar-refractivity contribution in [1.29, 1.82) is 0 Å². The summed E-state index contributed by atoms with van der Waals surface area (Å²) in [6, 6.07) is 4.90. The lowest BCUT2D eigenvalue weighted by atomic mass is 10.1. The summed E-state index contributed by atoms with van der Waals surface area (Å²) in [6.45, 7) is 3.03. The zero-order chi connectivity index (χ0) is 11.5. The smallest absolute Gasteiger partial charge is 0.150 e. The number of rotatable bonds is 2. The highest BCUT2D eigenvalue weighted by Crippen LogP contribution is 2.25. The van der Waals surface area contributed by atoms with Gasteiger partial charge in [0.2, 0.25) is 0 Å². The molecule has 0 bridgehead atoms. The molecule has 1 saturated heterocycles. The molecule has 1 fully saturated rings. The van der Waals surface area contributed by atoms with Gasteiger partial charge in [-0.3, -0.25) is 4.79 Å². The fourth-order valence-electron chi connectivity index (χ4n) is 1.94. The van der Waals surface area contributed by atoms with E-state index in [0.717, 1.165) is 23.7 Å². The number of halogens is 1. The fraction of sp³-hybridized carbons (Fsp3) is 0.417. The van der Waals surface area contributed by atoms with Crippen molar-refractivity contribution < 1.29 is 9.18 Å². The number of carbonyl (C=O) groups is 1. The second kappa shape index (κ2) is 4.87. The van der Waals surface area contributed by atoms with E-state index >= 15 is 0 Å². The normalized spacial score (nSPS) is 20.9. The van der Waals surface area contributed by atoms with Crippen LogP contribution in [0, 0.1) is 5.82 Å². The molecule has 2 rings (SSSR count). The van der Waals surface area contributed by atoms with E-state index in [-0.39, 0.29) is 5.82 Å². The van der Waals surface area contributed by atoms with Crippen LogP contribution in [-0.2, 0) is 0 Å². The maximum Gasteiger partial charge on any atom is 0.150 e. The second-order valence-corrected chi connectivity index (χ2v) is 5.13. The van der Waals surface area contributed by atoms with Gasteiger partial charge in [-0.15, -0.1) is 0 Å². The summed E-state index contributed by atoms with van der Waals surface area (Å²) in [7, 11) is 0. The molecule has 2 nitrogen and oxygen atoms in total. The van der Waals surface area contributed by atoms with Gasteiger partial charge < -0.3 is 4.90 Å². The van der Waals surface area contributed by atoms with E-state index in [2.05, 4.69) is 11.8 Å². The van der Waals surface area contributed by atoms with Crippen molar-refractivity contribution >= 4 is 23.7 Å². The van der Waals surface area contributed by atoms with Gasteiger partial charge in [-0.2, -0.15) is 11.8 Å². The van der Waals surface area contributed by atoms with Gasteiger partial charge >= 0.3 is 0 Å². The van der Waals surface area contributed by atoms with Crippen LogP contribution in [0.1, 0.15) is 17.3 Å². The van der Waals surface area contributed by atoms with Crippen LogP contribution < -0.4 is 4.90 Å². The number of benzene rings is 1. The lowest BCUT2D eigenvalue weighted by Crippen LogP contribution is -2.40. The van der Waals surface area contributed by atoms with Gasteiger partial charge in [-0.1, -0.05) is 0 Å². The third kappa shape index (κ3) is 2.38. The maximum absolute atomic E-state index is 13.3. The molecule has 1 aliphatic heterocycles. The number of nitrogens with zero attached hydrogens (tertiary/aromatic N) is 1. The number of hydrogen-bond acceptors (Lipinski definition) is 3. The Hall–Kier alpha value is -1.03. The Morgan fingerprint density at radius 3 is 3.00 bits per heavy atom. The van der Waals surface area contributed by atoms with Crippen molar-refractivity contribution in [3.05, 3.63) is 29.6 Å². The van der Waals surface area contributed by atoms with Crippen molar-refractivity contribution in [2.24, 2.45) is 0 Å². The zero-order valence-electron chi connectivity index (χ0n) is 9.15. The highest BCUT2D eigenvalue weighted by atomic mass is 32.2. The predicted octanol–water partition coefficient (Wildman–Crippen LogP) is 2.58. The van der Waals surface area contributed by atoms with Crippen LogP contribution in [0.4, 0.5) is 10.1 Å². The first-order chi connectivity index (χ1) is 7.70. The molecule has 1 aliphatic rings. The SMILES string of the molecule is CC1CSCCN1c1cc(F)cc(C=O)c1. The number of thioether (sulfide) groups is 1. The molecule has 1 unspecified atom stereocenters. The van der Waals surface area contributed by atoms with Crippen molar-refractivity contribution in [2.45, 2.75) is 13.0 Å². The van der Waals surface area contributed by atoms with E-state index in [1.165, 1.54) is 12.1 Å². The van der Waals surface area contributed by atoms with E-state index in [9.17, 15) is 9.18 Å². The van der Waals surface area contributed by atoms with E-state index in [4.69, 9.17) is 0 Å². The molecule has 0 saturated carbocycles. The molecule has 4 heteroatoms. The Balaban J connectivity index is 2.31. The summed E-state index contributed by atoms with van der Waals surface area (Å²) < 4.78 is 13.3. The summed E-state index contributed by atoms with van der Waals surface area (Å²) in [5, 5.41) is 0. The molecular weight excluding hydrogens is 225 g/mol. The minimum absolute atomic E-state index is 0.343. The van der Waals surface area contributed by atoms with Crippen LogP contribution in [0.15, 0.2) is 18.2 Å². The predicted molar refractivity (Wildman–Crippen MR) is 65.9 cm³/mol. The van der Waals surface area contributed by atoms with Gasteiger partial charge in [-0.25, -0.2) is 4.39 Å². The summed E-state index contributed by atoms with van der Waals surface area (Å²) in [4.78, 5) is 12.8. The minimum Gasteiger partial charge on any atom is -0.367 e. The van der Waals surface area contributed by atoms with Gasteiger partial charge in [0.25, 0.3) is 0 Å². The Morgan fingerprint density at radius 1 is 1.50 bits per heavy atom. The number of aldehydes is 1. The van der Waals surface area contributed by atoms with Crippen LogP contribution in [0.3, 0.4) is 0 Å². The van der Waals surface area contributed by atoms with Gasteiger partial charge in [0.1, 0.15) is 12.1 Å². The molecule has 0 aliphatic carbocycles. The number of anilines is 1. The molecule has 0 amide bonds. The van der Waals surface area contributed by atoms with Gasteiger partial charge in [-0.05, 0) is 25.1 Å². The highest BCUT2D eigenvalue weighted by molar-refractivity contribution is 7.99. The minimum atomic E-state index is -0.343. The summed E-state index contributed by atoms with van der Waals surface area (Å²) in [6.07, 6.45) is 0.690. The lowest BCUT2D eigenvalue weighted by Gasteiger charge is -2.35. The van der Waals surface area contributed by atoms with Crippen molar-refractivity contribution in [2.75, 3.05) is 23.0 Å². The van der Waals surface area contributed by atoms with E-state index < -0.39 is 0 Å². The first-order valence-electron chi connectivity index (χ1n) is 5.31. The molecule has 1 aromatic rings. The van der Waals surface area contributed by atoms with Crippen LogP contribution in [0.2, 0.25) is 0 Å². The van der Waals surface area contributed by atoms with Gasteiger partial charge in [0, 0.05) is 35.3 Å². The lowest BCUT2D eigenvalue weighted by molar-refractivity contribution is 0.112. The number of hydrogen-bond donors (Lipinski definition) is 0. The molecule has 86 valence electrons. The Kier molecular flexibility index (Phi) is 3.49. The van der Waals surface area contributed by atoms with Crippen molar-refractivity contribution in [3.8, 4) is 0 Å². The molecule has 0 radical (unpaired) electrons. The third-order valence-corrected chi connectivity index (χ3v) is 3.93. The summed E-state index contributed by atoms with van der Waals surface area (Å²) in [5.74, 6) is 1.76. The van der Waals surface area contributed by atoms with Crippen LogP contribution >= 0.6 is 11.8 Å². The van der Waals surface area contributed by atoms with E-state index in [1.54, 1.807) is 6.07 Å². The highest BCUT2D eigenvalue weighted by Gasteiger charge is 2.19. The van der Waals surface area contributed by atoms with Crippen LogP contribution in [-0.4, -0.2) is 30.4 Å². The first kappa shape index (κ1) is 11.5. The van der Waals surface area contributed by atoms with Gasteiger partial charge in [0.05, 0.1) is 0 Å². The van der Waals surface area contributed by atoms with E-state index in [1.807, 2.05) is 11.8 Å². The zero-order valence-corrected chi connectivity index (χ0v) is 9.97. The number of carbonyl (C=O) groups excluding carboxylic acids is 1. The Morgan fingerprint density at radius 2 is 2.31 bits per heavy atom. The van der Waals surface area contributed by atoms with E-state index in [0.29, 0.717) is 17.9 Å². The molecular formula is C12H14FNOS. The Labute approximate surface area is 98.8 Å². The third-order valence-electron chi connectivity index (χ3n) is 2.74. The summed E-state index contributed by atoms with van der Waals surface area (Å²) >= 11 is 1.91. The molecule has 1 heterocycles. The molecule has 1 atom stereocenters. The van der Waals surface area contributed by atoms with Crippen molar-refractivity contribution in [3.63, 3.8) is 0 Å². The summed E-state index contributed by atoms with van der Waals surface area (Å²) in [5.41, 5.74) is 1.22. The quantitative estimate of drug-likeness (QED) is 0.740. The van der Waals surface area contributed by atoms with Crippen LogP contribution in [0.5, 0.6) is 0 Å². The standard InChI is InChI=1S/C12H14FNOS/c1-9-8-16-3-2-14(9)12-5-10(7-15)4-11(13)6-12/h4-7,9H,2-3,8H2,1H3. The fourth-order valence-corrected chi connectivity index (χ4v) is 2.95.